The van der Waals surface area contributed by atoms with E-state index in [1.54, 1.807) is 0 Å². The molecule has 0 saturated heterocycles. The zero-order chi connectivity index (χ0) is 14.6. The lowest BCUT2D eigenvalue weighted by Crippen LogP contribution is -2.43. The molecule has 0 amide bonds. The maximum absolute atomic E-state index is 12.1. The van der Waals surface area contributed by atoms with Gasteiger partial charge in [-0.1, -0.05) is 13.8 Å². The fourth-order valence-corrected chi connectivity index (χ4v) is 4.65. The molecule has 2 rings (SSSR count). The van der Waals surface area contributed by atoms with Crippen molar-refractivity contribution in [2.24, 2.45) is 11.8 Å². The molecule has 0 spiro atoms. The van der Waals surface area contributed by atoms with Gasteiger partial charge >= 0.3 is 0 Å². The molecule has 2 aliphatic carbocycles. The van der Waals surface area contributed by atoms with Crippen molar-refractivity contribution in [1.29, 1.82) is 0 Å². The third kappa shape index (κ3) is 5.70. The van der Waals surface area contributed by atoms with Gasteiger partial charge in [-0.15, -0.1) is 0 Å². The van der Waals surface area contributed by atoms with E-state index in [-0.39, 0.29) is 11.8 Å². The summed E-state index contributed by atoms with van der Waals surface area (Å²) >= 11 is 0. The van der Waals surface area contributed by atoms with Crippen molar-refractivity contribution < 1.29 is 8.42 Å². The first-order chi connectivity index (χ1) is 9.46. The molecule has 20 heavy (non-hydrogen) atoms. The Hall–Kier alpha value is -0.130. The Labute approximate surface area is 124 Å². The van der Waals surface area contributed by atoms with Crippen LogP contribution < -0.4 is 10.0 Å². The second kappa shape index (κ2) is 7.23. The molecule has 0 aromatic carbocycles. The van der Waals surface area contributed by atoms with Crippen LogP contribution in [0.25, 0.3) is 0 Å². The van der Waals surface area contributed by atoms with Gasteiger partial charge in [-0.25, -0.2) is 13.1 Å². The summed E-state index contributed by atoms with van der Waals surface area (Å²) < 4.78 is 27.1. The highest BCUT2D eigenvalue weighted by atomic mass is 32.2. The first kappa shape index (κ1) is 16.2. The van der Waals surface area contributed by atoms with Crippen molar-refractivity contribution >= 4 is 10.0 Å². The number of hydrogen-bond donors (Lipinski definition) is 2. The molecule has 2 aliphatic rings. The highest BCUT2D eigenvalue weighted by molar-refractivity contribution is 7.89. The molecule has 118 valence electrons. The number of sulfonamides is 1. The van der Waals surface area contributed by atoms with Crippen molar-refractivity contribution in [3.63, 3.8) is 0 Å². The molecule has 0 aromatic heterocycles. The first-order valence-corrected chi connectivity index (χ1v) is 9.85. The van der Waals surface area contributed by atoms with E-state index in [1.807, 2.05) is 0 Å². The summed E-state index contributed by atoms with van der Waals surface area (Å²) in [5.74, 6) is 1.47. The van der Waals surface area contributed by atoms with Gasteiger partial charge in [-0.2, -0.15) is 0 Å². The summed E-state index contributed by atoms with van der Waals surface area (Å²) in [5.41, 5.74) is 0. The number of nitrogens with one attached hydrogen (secondary N) is 2. The van der Waals surface area contributed by atoms with E-state index in [9.17, 15) is 8.42 Å². The van der Waals surface area contributed by atoms with Gasteiger partial charge in [0, 0.05) is 12.1 Å². The van der Waals surface area contributed by atoms with Crippen LogP contribution in [0.4, 0.5) is 0 Å². The van der Waals surface area contributed by atoms with Gasteiger partial charge in [0.2, 0.25) is 10.0 Å². The Bertz CT molecular complexity index is 393. The number of hydrogen-bond acceptors (Lipinski definition) is 3. The van der Waals surface area contributed by atoms with Gasteiger partial charge in [0.15, 0.2) is 0 Å². The van der Waals surface area contributed by atoms with Gasteiger partial charge in [0.1, 0.15) is 0 Å². The largest absolute Gasteiger partial charge is 0.314 e. The van der Waals surface area contributed by atoms with Crippen LogP contribution in [-0.4, -0.2) is 32.8 Å². The maximum Gasteiger partial charge on any atom is 0.211 e. The zero-order valence-electron chi connectivity index (χ0n) is 12.9. The third-order valence-electron chi connectivity index (χ3n) is 4.61. The molecule has 0 heterocycles. The van der Waals surface area contributed by atoms with E-state index in [0.717, 1.165) is 50.6 Å². The normalized spacial score (nSPS) is 31.4. The Morgan fingerprint density at radius 1 is 1.05 bits per heavy atom. The summed E-state index contributed by atoms with van der Waals surface area (Å²) in [6.07, 6.45) is 7.56. The SMILES string of the molecule is CC1CCC(NS(=O)(=O)CCCCNC2CC2)C(C)C1. The maximum atomic E-state index is 12.1. The van der Waals surface area contributed by atoms with Crippen LogP contribution in [-0.2, 0) is 10.0 Å². The van der Waals surface area contributed by atoms with Gasteiger partial charge in [-0.05, 0) is 63.3 Å². The van der Waals surface area contributed by atoms with Gasteiger partial charge < -0.3 is 5.32 Å². The highest BCUT2D eigenvalue weighted by Gasteiger charge is 2.28. The summed E-state index contributed by atoms with van der Waals surface area (Å²) in [4.78, 5) is 0. The molecular weight excluding hydrogens is 272 g/mol. The first-order valence-electron chi connectivity index (χ1n) is 8.19. The fraction of sp³-hybridized carbons (Fsp3) is 1.00. The van der Waals surface area contributed by atoms with Crippen molar-refractivity contribution in [3.05, 3.63) is 0 Å². The second-order valence-electron chi connectivity index (χ2n) is 6.87. The van der Waals surface area contributed by atoms with E-state index in [1.165, 1.54) is 12.8 Å². The van der Waals surface area contributed by atoms with Crippen LogP contribution in [0.3, 0.4) is 0 Å². The molecule has 2 fully saturated rings. The molecule has 0 aromatic rings. The molecule has 4 nitrogen and oxygen atoms in total. The van der Waals surface area contributed by atoms with E-state index in [0.29, 0.717) is 5.92 Å². The minimum Gasteiger partial charge on any atom is -0.314 e. The van der Waals surface area contributed by atoms with Crippen LogP contribution in [0.2, 0.25) is 0 Å². The molecule has 3 unspecified atom stereocenters. The van der Waals surface area contributed by atoms with Crippen LogP contribution in [0.15, 0.2) is 0 Å². The van der Waals surface area contributed by atoms with Crippen molar-refractivity contribution in [3.8, 4) is 0 Å². The van der Waals surface area contributed by atoms with E-state index in [4.69, 9.17) is 0 Å². The summed E-state index contributed by atoms with van der Waals surface area (Å²) in [6.45, 7) is 5.38. The summed E-state index contributed by atoms with van der Waals surface area (Å²) in [5, 5.41) is 3.42. The monoisotopic (exact) mass is 302 g/mol. The molecule has 0 radical (unpaired) electrons. The van der Waals surface area contributed by atoms with Crippen LogP contribution >= 0.6 is 0 Å². The zero-order valence-corrected chi connectivity index (χ0v) is 13.7. The second-order valence-corrected chi connectivity index (χ2v) is 8.75. The molecule has 5 heteroatoms. The van der Waals surface area contributed by atoms with Crippen molar-refractivity contribution in [1.82, 2.24) is 10.0 Å². The topological polar surface area (TPSA) is 58.2 Å². The Morgan fingerprint density at radius 3 is 2.45 bits per heavy atom. The molecule has 3 atom stereocenters. The smallest absolute Gasteiger partial charge is 0.211 e. The Morgan fingerprint density at radius 2 is 1.80 bits per heavy atom. The van der Waals surface area contributed by atoms with E-state index in [2.05, 4.69) is 23.9 Å². The lowest BCUT2D eigenvalue weighted by atomic mass is 9.80. The van der Waals surface area contributed by atoms with E-state index >= 15 is 0 Å². The third-order valence-corrected chi connectivity index (χ3v) is 6.10. The average molecular weight is 302 g/mol. The minimum atomic E-state index is -3.09. The molecule has 0 bridgehead atoms. The minimum absolute atomic E-state index is 0.154. The predicted octanol–water partition coefficient (Wildman–Crippen LogP) is 2.26. The van der Waals surface area contributed by atoms with Gasteiger partial charge in [0.05, 0.1) is 5.75 Å². The van der Waals surface area contributed by atoms with Gasteiger partial charge in [0.25, 0.3) is 0 Å². The molecule has 2 saturated carbocycles. The van der Waals surface area contributed by atoms with Crippen LogP contribution in [0, 0.1) is 11.8 Å². The Balaban J connectivity index is 1.64. The standard InChI is InChI=1S/C15H30N2O2S/c1-12-5-8-15(13(2)11-12)17-20(18,19)10-4-3-9-16-14-6-7-14/h12-17H,3-11H2,1-2H3. The van der Waals surface area contributed by atoms with Crippen LogP contribution in [0.1, 0.15) is 58.8 Å². The van der Waals surface area contributed by atoms with Crippen molar-refractivity contribution in [2.75, 3.05) is 12.3 Å². The summed E-state index contributed by atoms with van der Waals surface area (Å²) in [6, 6.07) is 0.871. The van der Waals surface area contributed by atoms with Crippen molar-refractivity contribution in [2.45, 2.75) is 70.9 Å². The van der Waals surface area contributed by atoms with Gasteiger partial charge in [-0.3, -0.25) is 0 Å². The lowest BCUT2D eigenvalue weighted by Gasteiger charge is -2.32. The molecule has 2 N–H and O–H groups in total. The average Bonchev–Trinajstić information content (AvgIpc) is 3.16. The fourth-order valence-electron chi connectivity index (χ4n) is 3.14. The predicted molar refractivity (Wildman–Crippen MR) is 83.1 cm³/mol. The van der Waals surface area contributed by atoms with E-state index < -0.39 is 10.0 Å². The molecular formula is C15H30N2O2S. The quantitative estimate of drug-likeness (QED) is 0.676. The number of rotatable bonds is 8. The number of unbranched alkanes of at least 4 members (excludes halogenated alkanes) is 1. The lowest BCUT2D eigenvalue weighted by molar-refractivity contribution is 0.249. The van der Waals surface area contributed by atoms with Crippen LogP contribution in [0.5, 0.6) is 0 Å². The Kier molecular flexibility index (Phi) is 5.87. The molecule has 0 aliphatic heterocycles. The summed E-state index contributed by atoms with van der Waals surface area (Å²) in [7, 11) is -3.09. The highest BCUT2D eigenvalue weighted by Crippen LogP contribution is 2.29.